The van der Waals surface area contributed by atoms with Crippen LogP contribution in [0.5, 0.6) is 0 Å². The van der Waals surface area contributed by atoms with E-state index in [1.165, 1.54) is 25.1 Å². The summed E-state index contributed by atoms with van der Waals surface area (Å²) in [4.78, 5) is 23.3. The number of nitrogens with one attached hydrogen (secondary N) is 1. The van der Waals surface area contributed by atoms with Gasteiger partial charge in [0.25, 0.3) is 0 Å². The van der Waals surface area contributed by atoms with Crippen LogP contribution in [-0.4, -0.2) is 33.2 Å². The Labute approximate surface area is 176 Å². The lowest BCUT2D eigenvalue weighted by Gasteiger charge is -2.13. The van der Waals surface area contributed by atoms with Gasteiger partial charge in [-0.15, -0.1) is 0 Å². The number of hydrogen-bond acceptors (Lipinski definition) is 6. The topological polar surface area (TPSA) is 114 Å². The molecule has 1 amide bonds. The van der Waals surface area contributed by atoms with Crippen LogP contribution < -0.4 is 5.32 Å². The van der Waals surface area contributed by atoms with Crippen molar-refractivity contribution in [1.29, 1.82) is 5.26 Å². The summed E-state index contributed by atoms with van der Waals surface area (Å²) < 4.78 is 20.5. The fourth-order valence-corrected chi connectivity index (χ4v) is 2.96. The molecule has 0 aliphatic rings. The molecule has 0 unspecified atom stereocenters. The summed E-state index contributed by atoms with van der Waals surface area (Å²) in [7, 11) is 0. The summed E-state index contributed by atoms with van der Waals surface area (Å²) in [6.07, 6.45) is 1.68. The Bertz CT molecular complexity index is 1120. The van der Waals surface area contributed by atoms with Crippen molar-refractivity contribution < 1.29 is 18.5 Å². The first-order chi connectivity index (χ1) is 14.3. The number of benzene rings is 1. The maximum Gasteiger partial charge on any atom is 0.226 e. The minimum Gasteiger partial charge on any atom is -0.354 e. The lowest BCUT2D eigenvalue weighted by atomic mass is 10.1. The Morgan fingerprint density at radius 2 is 2.17 bits per heavy atom. The van der Waals surface area contributed by atoms with E-state index in [1.807, 2.05) is 6.92 Å². The second-order valence-electron chi connectivity index (χ2n) is 6.68. The molecule has 1 aromatic carbocycles. The highest BCUT2D eigenvalue weighted by atomic mass is 35.5. The van der Waals surface area contributed by atoms with Gasteiger partial charge in [0.05, 0.1) is 28.9 Å². The van der Waals surface area contributed by atoms with Crippen molar-refractivity contribution in [2.24, 2.45) is 0 Å². The van der Waals surface area contributed by atoms with Crippen LogP contribution in [0.15, 0.2) is 35.0 Å². The van der Waals surface area contributed by atoms with Crippen LogP contribution in [0, 0.1) is 17.1 Å². The van der Waals surface area contributed by atoms with E-state index in [1.54, 1.807) is 23.0 Å². The number of ketones is 1. The Morgan fingerprint density at radius 1 is 1.40 bits per heavy atom. The lowest BCUT2D eigenvalue weighted by Crippen LogP contribution is -2.31. The molecule has 0 saturated heterocycles. The van der Waals surface area contributed by atoms with Gasteiger partial charge in [-0.2, -0.15) is 10.4 Å². The van der Waals surface area contributed by atoms with Crippen LogP contribution in [0.4, 0.5) is 4.39 Å². The predicted molar refractivity (Wildman–Crippen MR) is 105 cm³/mol. The number of rotatable bonds is 7. The van der Waals surface area contributed by atoms with E-state index in [9.17, 15) is 14.0 Å². The minimum atomic E-state index is -0.712. The largest absolute Gasteiger partial charge is 0.354 e. The van der Waals surface area contributed by atoms with Gasteiger partial charge in [0.15, 0.2) is 5.78 Å². The van der Waals surface area contributed by atoms with Crippen LogP contribution in [0.1, 0.15) is 41.7 Å². The molecule has 0 bridgehead atoms. The van der Waals surface area contributed by atoms with Crippen LogP contribution in [-0.2, 0) is 11.2 Å². The molecule has 2 heterocycles. The molecule has 0 saturated carbocycles. The SMILES string of the molecule is CC(=O)c1cc(CC(=O)NC[C@H](C)n2ccc(-c3cc(F)c(C#N)c(Cl)c3)n2)no1. The molecule has 0 fully saturated rings. The van der Waals surface area contributed by atoms with Crippen molar-refractivity contribution in [2.45, 2.75) is 26.3 Å². The Kier molecular flexibility index (Phi) is 6.28. The fraction of sp³-hybridized carbons (Fsp3) is 0.250. The van der Waals surface area contributed by atoms with Gasteiger partial charge in [0, 0.05) is 31.3 Å². The fourth-order valence-electron chi connectivity index (χ4n) is 2.71. The summed E-state index contributed by atoms with van der Waals surface area (Å²) in [6.45, 7) is 3.50. The van der Waals surface area contributed by atoms with E-state index >= 15 is 0 Å². The number of amides is 1. The first kappa shape index (κ1) is 21.2. The molecule has 2 aromatic heterocycles. The van der Waals surface area contributed by atoms with E-state index in [0.717, 1.165) is 0 Å². The summed E-state index contributed by atoms with van der Waals surface area (Å²) >= 11 is 5.95. The number of nitrogens with zero attached hydrogens (tertiary/aromatic N) is 4. The highest BCUT2D eigenvalue weighted by Crippen LogP contribution is 2.27. The normalized spacial score (nSPS) is 11.7. The molecule has 0 aliphatic heterocycles. The summed E-state index contributed by atoms with van der Waals surface area (Å²) in [5, 5.41) is 19.8. The van der Waals surface area contributed by atoms with Crippen molar-refractivity contribution in [3.8, 4) is 17.3 Å². The number of carbonyl (C=O) groups excluding carboxylic acids is 2. The van der Waals surface area contributed by atoms with E-state index in [-0.39, 0.29) is 40.5 Å². The van der Waals surface area contributed by atoms with E-state index in [4.69, 9.17) is 21.4 Å². The minimum absolute atomic E-state index is 0.0168. The third-order valence-corrected chi connectivity index (χ3v) is 4.65. The molecular formula is C20H17ClFN5O3. The molecule has 3 rings (SSSR count). The second-order valence-corrected chi connectivity index (χ2v) is 7.08. The van der Waals surface area contributed by atoms with Gasteiger partial charge in [-0.05, 0) is 25.1 Å². The molecule has 1 N–H and O–H groups in total. The molecule has 8 nitrogen and oxygen atoms in total. The zero-order valence-electron chi connectivity index (χ0n) is 16.1. The quantitative estimate of drug-likeness (QED) is 0.576. The second kappa shape index (κ2) is 8.88. The number of nitriles is 1. The third-order valence-electron chi connectivity index (χ3n) is 4.35. The molecule has 0 radical (unpaired) electrons. The summed E-state index contributed by atoms with van der Waals surface area (Å²) in [6, 6.07) is 7.34. The molecule has 0 spiro atoms. The van der Waals surface area contributed by atoms with E-state index < -0.39 is 5.82 Å². The van der Waals surface area contributed by atoms with Crippen molar-refractivity contribution in [3.63, 3.8) is 0 Å². The summed E-state index contributed by atoms with van der Waals surface area (Å²) in [5.41, 5.74) is 1.08. The van der Waals surface area contributed by atoms with Crippen LogP contribution >= 0.6 is 11.6 Å². The first-order valence-corrected chi connectivity index (χ1v) is 9.34. The van der Waals surface area contributed by atoms with Gasteiger partial charge in [0.1, 0.15) is 17.4 Å². The van der Waals surface area contributed by atoms with Gasteiger partial charge >= 0.3 is 0 Å². The van der Waals surface area contributed by atoms with E-state index in [2.05, 4.69) is 15.6 Å². The maximum atomic E-state index is 14.0. The monoisotopic (exact) mass is 429 g/mol. The average molecular weight is 430 g/mol. The Balaban J connectivity index is 1.61. The van der Waals surface area contributed by atoms with Gasteiger partial charge in [-0.25, -0.2) is 4.39 Å². The number of carbonyl (C=O) groups is 2. The molecule has 0 aliphatic carbocycles. The van der Waals surface area contributed by atoms with Gasteiger partial charge in [-0.1, -0.05) is 16.8 Å². The van der Waals surface area contributed by atoms with Gasteiger partial charge in [0.2, 0.25) is 11.7 Å². The number of halogens is 2. The lowest BCUT2D eigenvalue weighted by molar-refractivity contribution is -0.120. The standard InChI is InChI=1S/C20H17ClFN5O3/c1-11(10-24-20(29)8-14-7-19(12(2)28)30-26-14)27-4-3-18(25-27)13-5-16(21)15(9-23)17(22)6-13/h3-7,11H,8,10H2,1-2H3,(H,24,29)/t11-/m0/s1. The highest BCUT2D eigenvalue weighted by molar-refractivity contribution is 6.32. The van der Waals surface area contributed by atoms with Crippen LogP contribution in [0.25, 0.3) is 11.3 Å². The smallest absolute Gasteiger partial charge is 0.226 e. The number of aromatic nitrogens is 3. The van der Waals surface area contributed by atoms with Crippen LogP contribution in [0.2, 0.25) is 5.02 Å². The zero-order chi connectivity index (χ0) is 21.8. The Hall–Kier alpha value is -3.51. The number of hydrogen-bond donors (Lipinski definition) is 1. The molecule has 10 heteroatoms. The van der Waals surface area contributed by atoms with Crippen molar-refractivity contribution in [1.82, 2.24) is 20.3 Å². The van der Waals surface area contributed by atoms with Crippen molar-refractivity contribution >= 4 is 23.3 Å². The highest BCUT2D eigenvalue weighted by Gasteiger charge is 2.15. The molecular weight excluding hydrogens is 413 g/mol. The van der Waals surface area contributed by atoms with Crippen molar-refractivity contribution in [3.05, 3.63) is 58.3 Å². The zero-order valence-corrected chi connectivity index (χ0v) is 16.9. The third kappa shape index (κ3) is 4.72. The molecule has 30 heavy (non-hydrogen) atoms. The summed E-state index contributed by atoms with van der Waals surface area (Å²) in [5.74, 6) is -1.15. The average Bonchev–Trinajstić information content (AvgIpc) is 3.36. The predicted octanol–water partition coefficient (Wildman–Crippen LogP) is 3.32. The van der Waals surface area contributed by atoms with Gasteiger partial charge < -0.3 is 9.84 Å². The van der Waals surface area contributed by atoms with Crippen molar-refractivity contribution in [2.75, 3.05) is 6.54 Å². The van der Waals surface area contributed by atoms with E-state index in [0.29, 0.717) is 23.5 Å². The molecule has 154 valence electrons. The number of Topliss-reactive ketones (excluding diaryl/α,β-unsaturated/α-hetero) is 1. The molecule has 1 atom stereocenters. The maximum absolute atomic E-state index is 14.0. The van der Waals surface area contributed by atoms with Gasteiger partial charge in [-0.3, -0.25) is 14.3 Å². The first-order valence-electron chi connectivity index (χ1n) is 8.96. The van der Waals surface area contributed by atoms with Crippen LogP contribution in [0.3, 0.4) is 0 Å². The Morgan fingerprint density at radius 3 is 2.80 bits per heavy atom. The molecule has 3 aromatic rings.